The van der Waals surface area contributed by atoms with Crippen molar-refractivity contribution < 1.29 is 9.90 Å². The van der Waals surface area contributed by atoms with Crippen LogP contribution in [0.3, 0.4) is 0 Å². The van der Waals surface area contributed by atoms with E-state index in [0.29, 0.717) is 5.01 Å². The predicted molar refractivity (Wildman–Crippen MR) is 69.8 cm³/mol. The number of carboxylic acid groups (broad SMARTS) is 1. The molecule has 0 saturated heterocycles. The normalized spacial score (nSPS) is 11.1. The molecule has 0 saturated carbocycles. The van der Waals surface area contributed by atoms with E-state index in [1.54, 1.807) is 11.3 Å². The number of rotatable bonds is 3. The Morgan fingerprint density at radius 3 is 2.94 bits per heavy atom. The van der Waals surface area contributed by atoms with Gasteiger partial charge in [-0.05, 0) is 34.1 Å². The van der Waals surface area contributed by atoms with Gasteiger partial charge in [0.2, 0.25) is 0 Å². The van der Waals surface area contributed by atoms with Gasteiger partial charge in [-0.25, -0.2) is 9.78 Å². The van der Waals surface area contributed by atoms with E-state index in [2.05, 4.69) is 20.9 Å². The number of thiophene rings is 1. The summed E-state index contributed by atoms with van der Waals surface area (Å²) in [5.74, 6) is -0.962. The van der Waals surface area contributed by atoms with Crippen molar-refractivity contribution >= 4 is 50.6 Å². The molecule has 0 bridgehead atoms. The highest BCUT2D eigenvalue weighted by Crippen LogP contribution is 2.31. The van der Waals surface area contributed by atoms with Gasteiger partial charge in [0.25, 0.3) is 0 Å². The molecule has 0 aliphatic heterocycles. The monoisotopic (exact) mass is 315 g/mol. The second kappa shape index (κ2) is 4.90. The van der Waals surface area contributed by atoms with E-state index in [1.807, 2.05) is 17.5 Å². The summed E-state index contributed by atoms with van der Waals surface area (Å²) in [6.07, 6.45) is 2.59. The lowest BCUT2D eigenvalue weighted by Gasteiger charge is -1.86. The number of halogens is 1. The lowest BCUT2D eigenvalue weighted by Crippen LogP contribution is -1.85. The molecule has 0 aliphatic carbocycles. The van der Waals surface area contributed by atoms with Gasteiger partial charge in [0.05, 0.1) is 14.4 Å². The number of aromatic nitrogens is 1. The molecule has 0 unspecified atom stereocenters. The number of hydrogen-bond donors (Lipinski definition) is 1. The summed E-state index contributed by atoms with van der Waals surface area (Å²) in [5.41, 5.74) is 0.880. The lowest BCUT2D eigenvalue weighted by molar-refractivity contribution is -0.131. The standard InChI is InChI=1S/C10H6BrNO2S2/c11-8-2-1-7(16-8)6-5-15-9(12-6)3-4-10(13)14/h1-5H,(H,13,14)/b4-3+. The maximum Gasteiger partial charge on any atom is 0.328 e. The second-order valence-corrected chi connectivity index (χ2v) is 6.20. The van der Waals surface area contributed by atoms with E-state index in [1.165, 1.54) is 17.4 Å². The van der Waals surface area contributed by atoms with E-state index < -0.39 is 5.97 Å². The molecule has 2 rings (SSSR count). The summed E-state index contributed by atoms with van der Waals surface area (Å²) in [7, 11) is 0. The van der Waals surface area contributed by atoms with Gasteiger partial charge in [-0.1, -0.05) is 0 Å². The van der Waals surface area contributed by atoms with Crippen molar-refractivity contribution in [2.45, 2.75) is 0 Å². The van der Waals surface area contributed by atoms with Crippen molar-refractivity contribution in [3.8, 4) is 10.6 Å². The fourth-order valence-corrected chi connectivity index (χ4v) is 3.20. The van der Waals surface area contributed by atoms with Crippen LogP contribution in [0.1, 0.15) is 5.01 Å². The Kier molecular flexibility index (Phi) is 3.52. The Balaban J connectivity index is 2.23. The number of thiazole rings is 1. The van der Waals surface area contributed by atoms with E-state index >= 15 is 0 Å². The predicted octanol–water partition coefficient (Wildman–Crippen LogP) is 3.73. The third-order valence-electron chi connectivity index (χ3n) is 1.72. The Hall–Kier alpha value is -0.980. The minimum absolute atomic E-state index is 0.696. The topological polar surface area (TPSA) is 50.2 Å². The largest absolute Gasteiger partial charge is 0.478 e. The van der Waals surface area contributed by atoms with Gasteiger partial charge in [0, 0.05) is 11.5 Å². The highest BCUT2D eigenvalue weighted by Gasteiger charge is 2.05. The van der Waals surface area contributed by atoms with E-state index in [0.717, 1.165) is 20.4 Å². The van der Waals surface area contributed by atoms with Crippen molar-refractivity contribution in [2.24, 2.45) is 0 Å². The SMILES string of the molecule is O=C(O)/C=C/c1nc(-c2ccc(Br)s2)cs1. The molecule has 2 aromatic rings. The zero-order chi connectivity index (χ0) is 11.5. The molecular weight excluding hydrogens is 310 g/mol. The number of carboxylic acids is 1. The van der Waals surface area contributed by atoms with Gasteiger partial charge in [-0.2, -0.15) is 0 Å². The third-order valence-corrected chi connectivity index (χ3v) is 4.17. The molecule has 0 aliphatic rings. The van der Waals surface area contributed by atoms with Crippen LogP contribution in [-0.2, 0) is 4.79 Å². The average Bonchev–Trinajstić information content (AvgIpc) is 2.83. The molecule has 2 aromatic heterocycles. The smallest absolute Gasteiger partial charge is 0.328 e. The molecule has 0 radical (unpaired) electrons. The molecule has 0 aromatic carbocycles. The zero-order valence-corrected chi connectivity index (χ0v) is 11.1. The van der Waals surface area contributed by atoms with Crippen LogP contribution in [0.25, 0.3) is 16.6 Å². The van der Waals surface area contributed by atoms with Gasteiger partial charge in [-0.15, -0.1) is 22.7 Å². The number of nitrogens with zero attached hydrogens (tertiary/aromatic N) is 1. The van der Waals surface area contributed by atoms with Gasteiger partial charge in [-0.3, -0.25) is 0 Å². The third kappa shape index (κ3) is 2.78. The van der Waals surface area contributed by atoms with Crippen LogP contribution in [0, 0.1) is 0 Å². The molecule has 3 nitrogen and oxygen atoms in total. The fraction of sp³-hybridized carbons (Fsp3) is 0. The number of carbonyl (C=O) groups is 1. The summed E-state index contributed by atoms with van der Waals surface area (Å²) < 4.78 is 1.05. The second-order valence-electron chi connectivity index (χ2n) is 2.85. The molecular formula is C10H6BrNO2S2. The van der Waals surface area contributed by atoms with Crippen molar-refractivity contribution in [1.29, 1.82) is 0 Å². The summed E-state index contributed by atoms with van der Waals surface area (Å²) in [6, 6.07) is 3.95. The molecule has 82 valence electrons. The maximum atomic E-state index is 10.3. The molecule has 16 heavy (non-hydrogen) atoms. The van der Waals surface area contributed by atoms with Crippen LogP contribution in [0.15, 0.2) is 27.4 Å². The van der Waals surface area contributed by atoms with Crippen LogP contribution < -0.4 is 0 Å². The summed E-state index contributed by atoms with van der Waals surface area (Å²) in [6.45, 7) is 0. The van der Waals surface area contributed by atoms with Gasteiger partial charge in [0.15, 0.2) is 0 Å². The molecule has 0 atom stereocenters. The fourth-order valence-electron chi connectivity index (χ4n) is 1.07. The van der Waals surface area contributed by atoms with E-state index in [-0.39, 0.29) is 0 Å². The quantitative estimate of drug-likeness (QED) is 0.878. The Morgan fingerprint density at radius 2 is 2.31 bits per heavy atom. The summed E-state index contributed by atoms with van der Waals surface area (Å²) in [4.78, 5) is 15.7. The van der Waals surface area contributed by atoms with Gasteiger partial charge >= 0.3 is 5.97 Å². The first-order valence-electron chi connectivity index (χ1n) is 4.27. The Labute approximate surface area is 108 Å². The van der Waals surface area contributed by atoms with Gasteiger partial charge in [0.1, 0.15) is 5.01 Å². The highest BCUT2D eigenvalue weighted by atomic mass is 79.9. The Bertz CT molecular complexity index is 545. The van der Waals surface area contributed by atoms with Crippen LogP contribution in [0.5, 0.6) is 0 Å². The van der Waals surface area contributed by atoms with E-state index in [4.69, 9.17) is 5.11 Å². The zero-order valence-electron chi connectivity index (χ0n) is 7.88. The van der Waals surface area contributed by atoms with Crippen molar-refractivity contribution in [3.05, 3.63) is 32.4 Å². The van der Waals surface area contributed by atoms with Gasteiger partial charge < -0.3 is 5.11 Å². The molecule has 1 N–H and O–H groups in total. The first-order chi connectivity index (χ1) is 7.65. The van der Waals surface area contributed by atoms with E-state index in [9.17, 15) is 4.79 Å². The van der Waals surface area contributed by atoms with Crippen LogP contribution in [0.4, 0.5) is 0 Å². The van der Waals surface area contributed by atoms with Crippen molar-refractivity contribution in [3.63, 3.8) is 0 Å². The lowest BCUT2D eigenvalue weighted by atomic mass is 10.4. The summed E-state index contributed by atoms with van der Waals surface area (Å²) >= 11 is 6.41. The minimum atomic E-state index is -0.962. The molecule has 0 fully saturated rings. The molecule has 6 heteroatoms. The molecule has 0 spiro atoms. The minimum Gasteiger partial charge on any atom is -0.478 e. The maximum absolute atomic E-state index is 10.3. The first kappa shape index (κ1) is 11.5. The van der Waals surface area contributed by atoms with Crippen LogP contribution in [-0.4, -0.2) is 16.1 Å². The van der Waals surface area contributed by atoms with Crippen LogP contribution >= 0.6 is 38.6 Å². The highest BCUT2D eigenvalue weighted by molar-refractivity contribution is 9.11. The summed E-state index contributed by atoms with van der Waals surface area (Å²) in [5, 5.41) is 11.1. The Morgan fingerprint density at radius 1 is 1.50 bits per heavy atom. The molecule has 2 heterocycles. The van der Waals surface area contributed by atoms with Crippen molar-refractivity contribution in [1.82, 2.24) is 4.98 Å². The number of hydrogen-bond acceptors (Lipinski definition) is 4. The average molecular weight is 316 g/mol. The first-order valence-corrected chi connectivity index (χ1v) is 6.76. The van der Waals surface area contributed by atoms with Crippen LogP contribution in [0.2, 0.25) is 0 Å². The van der Waals surface area contributed by atoms with Crippen molar-refractivity contribution in [2.75, 3.05) is 0 Å². The number of aliphatic carboxylic acids is 1. The molecule has 0 amide bonds.